The zero-order chi connectivity index (χ0) is 96.9. The number of hydrogen-bond donors (Lipinski definition) is 3. The van der Waals surface area contributed by atoms with Gasteiger partial charge in [0, 0.05) is 57.3 Å². The van der Waals surface area contributed by atoms with Crippen molar-refractivity contribution in [2.75, 3.05) is 13.2 Å². The number of rotatable bonds is 36. The first-order valence-corrected chi connectivity index (χ1v) is 58.2. The van der Waals surface area contributed by atoms with Gasteiger partial charge in [-0.05, 0) is 178 Å². The van der Waals surface area contributed by atoms with E-state index in [1.807, 2.05) is 13.8 Å². The van der Waals surface area contributed by atoms with Crippen LogP contribution < -0.4 is 0 Å². The maximum Gasteiger partial charge on any atom is 0.338 e. The van der Waals surface area contributed by atoms with Gasteiger partial charge in [-0.15, -0.1) is 0 Å². The molecule has 3 N–H and O–H groups in total. The topological polar surface area (TPSA) is 325 Å². The monoisotopic (exact) mass is 1860 g/mol. The maximum absolute atomic E-state index is 15.9. The van der Waals surface area contributed by atoms with Gasteiger partial charge in [0.05, 0.1) is 59.2 Å². The van der Waals surface area contributed by atoms with Crippen LogP contribution in [-0.2, 0) is 89.2 Å². The highest BCUT2D eigenvalue weighted by Gasteiger charge is 2.81. The first-order valence-electron chi connectivity index (χ1n) is 48.8. The molecule has 2 heterocycles. The molecule has 2 aromatic carbocycles. The third-order valence-electron chi connectivity index (χ3n) is 32.5. The van der Waals surface area contributed by atoms with Crippen LogP contribution in [0, 0.1) is 57.2 Å². The van der Waals surface area contributed by atoms with E-state index < -0.39 is 209 Å². The van der Waals surface area contributed by atoms with E-state index in [9.17, 15) is 44.1 Å². The highest BCUT2D eigenvalue weighted by Crippen LogP contribution is 2.68. The summed E-state index contributed by atoms with van der Waals surface area (Å²) in [6.45, 7) is 55.5. The molecule has 4 saturated carbocycles. The average molecular weight is 1860 g/mol. The molecule has 21 atom stereocenters. The maximum atomic E-state index is 15.9. The van der Waals surface area contributed by atoms with Crippen molar-refractivity contribution in [2.45, 2.75) is 408 Å². The molecule has 2 aromatic rings. The van der Waals surface area contributed by atoms with Gasteiger partial charge in [-0.2, -0.15) is 0 Å². The number of carbonyl (C=O) groups is 9. The fourth-order valence-corrected chi connectivity index (χ4v) is 35.3. The molecule has 0 aromatic heterocycles. The molecule has 10 rings (SSSR count). The number of fused-ring (bicyclic) bond motifs is 10. The first kappa shape index (κ1) is 106. The molecule has 0 radical (unpaired) electrons. The predicted octanol–water partition coefficient (Wildman–Crippen LogP) is 18.7. The van der Waals surface area contributed by atoms with Crippen LogP contribution in [0.4, 0.5) is 0 Å². The van der Waals surface area contributed by atoms with Crippen LogP contribution in [0.5, 0.6) is 0 Å². The molecule has 720 valence electrons. The number of aliphatic hydroxyl groups is 3. The Morgan fingerprint density at radius 1 is 0.492 bits per heavy atom. The van der Waals surface area contributed by atoms with Crippen molar-refractivity contribution in [3.8, 4) is 0 Å². The zero-order valence-electron chi connectivity index (χ0n) is 83.9. The van der Waals surface area contributed by atoms with Gasteiger partial charge in [-0.25, -0.2) is 19.2 Å². The summed E-state index contributed by atoms with van der Waals surface area (Å²) in [4.78, 5) is 132. The predicted molar refractivity (Wildman–Crippen MR) is 502 cm³/mol. The van der Waals surface area contributed by atoms with Crippen LogP contribution in [0.2, 0.25) is 72.5 Å². The van der Waals surface area contributed by atoms with Crippen molar-refractivity contribution in [1.29, 1.82) is 0 Å². The molecule has 24 nitrogen and oxygen atoms in total. The summed E-state index contributed by atoms with van der Waals surface area (Å²) in [5.74, 6) is -8.87. The lowest BCUT2D eigenvalue weighted by molar-refractivity contribution is -0.344. The van der Waals surface area contributed by atoms with E-state index in [0.29, 0.717) is 30.9 Å². The summed E-state index contributed by atoms with van der Waals surface area (Å²) >= 11 is 0. The molecule has 4 bridgehead atoms. The van der Waals surface area contributed by atoms with Crippen molar-refractivity contribution in [3.05, 3.63) is 94.1 Å². The van der Waals surface area contributed by atoms with Crippen molar-refractivity contribution in [2.24, 2.45) is 57.2 Å². The molecular formula is C100H160O24Si4. The third kappa shape index (κ3) is 19.5. The number of esters is 6. The standard InChI is InChI=1S/C49H78O12Si2.C49H76O12Si2.C2H6/c2*1-15-62(16-2,17-3)60-36-27-37-48(29-56-37,59-33(11)50)41-43(58-44(53)34-24-22-21-23-25-34)49(55)28-35(32(10)38(46(49,12)13)39(51)42(52)47(36,41)14)57-45(54)40(31(9)26-30(7)8)61-63(18-4,19-5)20-6;1-2/h21-25,30-31,35-37,39-41,43,51,55H,15-20,26-29H2,1-14H3;21-25,30-31,35-37,40-41,43,55H,15-20,26-29H2,1-14H3;1-2H3/t31-,35-,36-,37+,39+,40?,41-,43-,47+,48-,49+;31-,35-,36-,37+,40?,41-,43-,47+,48-,49+;/m00./s1/i;;1D. The Balaban J connectivity index is 0.000000309. The summed E-state index contributed by atoms with van der Waals surface area (Å²) in [7, 11) is -9.79. The summed E-state index contributed by atoms with van der Waals surface area (Å²) in [6.07, 6.45) is -11.5. The van der Waals surface area contributed by atoms with Crippen LogP contribution in [0.25, 0.3) is 0 Å². The van der Waals surface area contributed by atoms with Gasteiger partial charge in [-0.3, -0.25) is 24.0 Å². The number of benzene rings is 2. The summed E-state index contributed by atoms with van der Waals surface area (Å²) < 4.78 is 86.1. The van der Waals surface area contributed by atoms with Gasteiger partial charge >= 0.3 is 35.8 Å². The second-order valence-electron chi connectivity index (χ2n) is 40.5. The molecule has 6 aliphatic carbocycles. The van der Waals surface area contributed by atoms with Gasteiger partial charge in [0.1, 0.15) is 66.1 Å². The molecule has 6 fully saturated rings. The molecule has 2 aliphatic heterocycles. The normalized spacial score (nSPS) is 31.7. The van der Waals surface area contributed by atoms with Crippen LogP contribution in [0.1, 0.15) is 268 Å². The lowest BCUT2D eigenvalue weighted by atomic mass is 9.44. The number of carbonyl (C=O) groups excluding carboxylic acids is 9. The Kier molecular flexibility index (Phi) is 34.8. The van der Waals surface area contributed by atoms with Crippen molar-refractivity contribution >= 4 is 86.4 Å². The molecule has 0 amide bonds. The lowest BCUT2D eigenvalue weighted by Crippen LogP contribution is -2.82. The minimum absolute atomic E-state index is 0.0103. The Labute approximate surface area is 770 Å². The van der Waals surface area contributed by atoms with E-state index in [2.05, 4.69) is 111 Å². The Bertz CT molecular complexity index is 4300. The van der Waals surface area contributed by atoms with E-state index in [0.717, 1.165) is 72.5 Å². The second-order valence-corrected chi connectivity index (χ2v) is 59.4. The van der Waals surface area contributed by atoms with E-state index in [4.69, 9.17) is 57.0 Å². The van der Waals surface area contributed by atoms with E-state index >= 15 is 14.4 Å². The highest BCUT2D eigenvalue weighted by molar-refractivity contribution is 6.75. The molecule has 8 aliphatic rings. The molecule has 2 saturated heterocycles. The molecule has 128 heavy (non-hydrogen) atoms. The number of aliphatic hydroxyl groups excluding tert-OH is 1. The summed E-state index contributed by atoms with van der Waals surface area (Å²) in [6, 6.07) is 26.1. The Morgan fingerprint density at radius 2 is 0.820 bits per heavy atom. The van der Waals surface area contributed by atoms with Gasteiger partial charge in [0.15, 0.2) is 50.3 Å². The van der Waals surface area contributed by atoms with Gasteiger partial charge in [-0.1, -0.05) is 203 Å². The Hall–Kier alpha value is -5.74. The number of ether oxygens (including phenoxy) is 8. The molecular weight excluding hydrogens is 1700 g/mol. The quantitative estimate of drug-likeness (QED) is 0.0188. The van der Waals surface area contributed by atoms with Gasteiger partial charge in [0.2, 0.25) is 11.6 Å². The minimum atomic E-state index is -2.55. The fraction of sp³-hybridized carbons (Fsp3) is 0.750. The van der Waals surface area contributed by atoms with Crippen LogP contribution in [0.15, 0.2) is 83.0 Å². The molecule has 2 unspecified atom stereocenters. The van der Waals surface area contributed by atoms with E-state index in [1.165, 1.54) is 13.8 Å². The third-order valence-corrected chi connectivity index (χ3v) is 51.1. The zero-order valence-corrected chi connectivity index (χ0v) is 86.9. The average Bonchev–Trinajstić information content (AvgIpc) is 0.670. The smallest absolute Gasteiger partial charge is 0.338 e. The summed E-state index contributed by atoms with van der Waals surface area (Å²) in [5, 5.41) is 40.7. The van der Waals surface area contributed by atoms with Crippen LogP contribution in [0.3, 0.4) is 0 Å². The van der Waals surface area contributed by atoms with Gasteiger partial charge < -0.3 is 70.9 Å². The largest absolute Gasteiger partial charge is 0.456 e. The summed E-state index contributed by atoms with van der Waals surface area (Å²) in [5.41, 5.74) is -12.8. The Morgan fingerprint density at radius 3 is 1.14 bits per heavy atom. The van der Waals surface area contributed by atoms with Crippen LogP contribution >= 0.6 is 0 Å². The second kappa shape index (κ2) is 42.0. The lowest BCUT2D eigenvalue weighted by Gasteiger charge is -2.68. The first-order chi connectivity index (χ1) is 60.3. The SMILES string of the molecule is CC[Si](CC)(CC)OC(C(=O)O[C@H]1C[C@@]2(O)[C@@H](OC(=O)c3ccccc3)[C@@H]3[C@]4(OC(C)=O)CO[C@@H]4C[C@H](O[Si](CC)(CC)CC)[C@@]3(C)C(=O)C(=O)C(=C1C)C2(C)C)[C@@H](C)CC(C)C.CC[Si](CC)(CC)OC(C(=O)O[C@H]1C[C@@]2(O)[C@@H](OC(=O)c3ccccc3)[C@@H]3[C@]4(OC(C)=O)CO[C@@H]4C[C@H](O[Si](CC)(CC)CC)[C@@]3(C)C(=O)[C@H](O)C(=C1C)C2(C)C)[C@@H](C)CC(C)C.[2H]CC. The highest BCUT2D eigenvalue weighted by atomic mass is 28.4. The van der Waals surface area contributed by atoms with Crippen LogP contribution in [-0.4, -0.2) is 205 Å². The van der Waals surface area contributed by atoms with Crippen molar-refractivity contribution in [3.63, 3.8) is 0 Å². The number of hydrogen-bond acceptors (Lipinski definition) is 24. The number of ketones is 3. The molecule has 0 spiro atoms. The van der Waals surface area contributed by atoms with Gasteiger partial charge in [0.25, 0.3) is 0 Å². The minimum Gasteiger partial charge on any atom is -0.456 e. The number of Topliss-reactive ketones (excluding diaryl/α,β-unsaturated/α-hetero) is 3. The van der Waals surface area contributed by atoms with Crippen molar-refractivity contribution in [1.82, 2.24) is 0 Å². The molecule has 28 heteroatoms. The van der Waals surface area contributed by atoms with E-state index in [-0.39, 0.29) is 84.8 Å². The van der Waals surface area contributed by atoms with Crippen molar-refractivity contribution < 1.29 is 115 Å². The fourth-order valence-electron chi connectivity index (χ4n) is 23.7. The van der Waals surface area contributed by atoms with E-state index in [1.54, 1.807) is 123 Å².